The van der Waals surface area contributed by atoms with Gasteiger partial charge in [0.1, 0.15) is 17.8 Å². The normalized spacial score (nSPS) is 22.5. The monoisotopic (exact) mass is 563 g/mol. The van der Waals surface area contributed by atoms with E-state index in [4.69, 9.17) is 14.6 Å². The smallest absolute Gasteiger partial charge is 0.257 e. The van der Waals surface area contributed by atoms with Gasteiger partial charge in [0.15, 0.2) is 5.54 Å². The molecule has 0 saturated carbocycles. The number of amides is 1. The number of hydrogen-bond donors (Lipinski definition) is 3. The van der Waals surface area contributed by atoms with Crippen LogP contribution in [0.4, 0.5) is 0 Å². The lowest BCUT2D eigenvalue weighted by molar-refractivity contribution is -0.131. The van der Waals surface area contributed by atoms with Gasteiger partial charge >= 0.3 is 0 Å². The van der Waals surface area contributed by atoms with E-state index in [2.05, 4.69) is 71.8 Å². The van der Waals surface area contributed by atoms with Crippen LogP contribution in [0.5, 0.6) is 0 Å². The van der Waals surface area contributed by atoms with Crippen molar-refractivity contribution in [2.75, 3.05) is 19.7 Å². The highest BCUT2D eigenvalue weighted by atomic mass is 32.2. The summed E-state index contributed by atoms with van der Waals surface area (Å²) in [5.74, 6) is 1.97. The van der Waals surface area contributed by atoms with E-state index in [-0.39, 0.29) is 12.1 Å². The fourth-order valence-corrected chi connectivity index (χ4v) is 6.33. The minimum atomic E-state index is -0.619. The average Bonchev–Trinajstić information content (AvgIpc) is 3.65. The maximum absolute atomic E-state index is 13.6. The first-order valence-corrected chi connectivity index (χ1v) is 15.2. The molecule has 2 aromatic rings. The Kier molecular flexibility index (Phi) is 9.27. The van der Waals surface area contributed by atoms with Gasteiger partial charge < -0.3 is 14.9 Å². The summed E-state index contributed by atoms with van der Waals surface area (Å²) in [6.45, 7) is 11.3. The number of ether oxygens (including phenoxy) is 1. The third-order valence-corrected chi connectivity index (χ3v) is 8.87. The summed E-state index contributed by atoms with van der Waals surface area (Å²) in [6.07, 6.45) is 3.65. The van der Waals surface area contributed by atoms with Gasteiger partial charge in [-0.2, -0.15) is 0 Å². The van der Waals surface area contributed by atoms with Crippen LogP contribution in [-0.2, 0) is 27.5 Å². The number of nitrogens with one attached hydrogen (secondary N) is 3. The molecule has 0 aromatic heterocycles. The Morgan fingerprint density at radius 2 is 2.05 bits per heavy atom. The predicted molar refractivity (Wildman–Crippen MR) is 160 cm³/mol. The van der Waals surface area contributed by atoms with Crippen molar-refractivity contribution in [3.05, 3.63) is 64.9 Å². The van der Waals surface area contributed by atoms with E-state index in [0.29, 0.717) is 26.3 Å². The van der Waals surface area contributed by atoms with Crippen LogP contribution in [0.2, 0.25) is 0 Å². The van der Waals surface area contributed by atoms with Crippen LogP contribution in [0.1, 0.15) is 64.5 Å². The van der Waals surface area contributed by atoms with Gasteiger partial charge in [0.25, 0.3) is 5.91 Å². The van der Waals surface area contributed by atoms with Gasteiger partial charge in [0.05, 0.1) is 13.2 Å². The summed E-state index contributed by atoms with van der Waals surface area (Å²) in [5, 5.41) is 3.35. The van der Waals surface area contributed by atoms with Crippen molar-refractivity contribution in [2.45, 2.75) is 83.1 Å². The van der Waals surface area contributed by atoms with Crippen LogP contribution >= 0.6 is 11.9 Å². The molecule has 3 aliphatic heterocycles. The molecule has 0 bridgehead atoms. The Labute approximate surface area is 242 Å². The van der Waals surface area contributed by atoms with Crippen LogP contribution in [-0.4, -0.2) is 48.0 Å². The number of carbonyl (C=O) groups is 1. The zero-order valence-corrected chi connectivity index (χ0v) is 24.8. The lowest BCUT2D eigenvalue weighted by atomic mass is 9.96. The summed E-state index contributed by atoms with van der Waals surface area (Å²) in [6, 6.07) is 14.9. The van der Waals surface area contributed by atoms with E-state index in [1.807, 2.05) is 18.7 Å². The second kappa shape index (κ2) is 12.9. The fourth-order valence-electron chi connectivity index (χ4n) is 5.42. The maximum Gasteiger partial charge on any atom is 0.257 e. The van der Waals surface area contributed by atoms with Crippen molar-refractivity contribution in [3.8, 4) is 11.1 Å². The molecule has 0 aliphatic carbocycles. The molecule has 1 spiro atoms. The molecule has 40 heavy (non-hydrogen) atoms. The highest BCUT2D eigenvalue weighted by molar-refractivity contribution is 7.97. The van der Waals surface area contributed by atoms with Gasteiger partial charge in [0, 0.05) is 30.0 Å². The zero-order valence-electron chi connectivity index (χ0n) is 24.0. The second-order valence-electron chi connectivity index (χ2n) is 10.7. The molecule has 1 fully saturated rings. The highest BCUT2D eigenvalue weighted by Crippen LogP contribution is 2.36. The fraction of sp³-hybridized carbons (Fsp3) is 0.484. The van der Waals surface area contributed by atoms with Crippen molar-refractivity contribution in [2.24, 2.45) is 4.99 Å². The minimum absolute atomic E-state index is 0.0525. The molecular weight excluding hydrogens is 522 g/mol. The van der Waals surface area contributed by atoms with E-state index in [1.54, 1.807) is 11.9 Å². The highest BCUT2D eigenvalue weighted by Gasteiger charge is 2.49. The summed E-state index contributed by atoms with van der Waals surface area (Å²) in [7, 11) is 0. The van der Waals surface area contributed by atoms with Crippen molar-refractivity contribution < 1.29 is 14.4 Å². The first-order valence-electron chi connectivity index (χ1n) is 14.4. The summed E-state index contributed by atoms with van der Waals surface area (Å²) < 4.78 is 9.41. The largest absolute Gasteiger partial charge is 0.412 e. The number of nitrogens with zero attached hydrogens (tertiary/aromatic N) is 2. The Morgan fingerprint density at radius 3 is 2.77 bits per heavy atom. The molecule has 1 unspecified atom stereocenters. The van der Waals surface area contributed by atoms with Gasteiger partial charge in [0.2, 0.25) is 0 Å². The standard InChI is InChI=1S/C31H41N5O3S/c1-5-7-12-28-33-31(15-16-32-20-31)30(37)36(28)18-23-13-14-25(24(17-23)19-38-6-2)26-10-8-9-11-27(26)40-35-29-21(3)22(4)39-34-29/h8-11,13-14,17,29,32,34-35H,5-7,12,15-16,18-20H2,1-4H3/t29-,31?/m1/s1. The number of allylic oxidation sites excluding steroid dienone is 1. The van der Waals surface area contributed by atoms with E-state index in [9.17, 15) is 4.79 Å². The molecule has 8 nitrogen and oxygen atoms in total. The number of benzene rings is 2. The number of carbonyl (C=O) groups excluding carboxylic acids is 1. The van der Waals surface area contributed by atoms with Crippen LogP contribution in [0.25, 0.3) is 11.1 Å². The van der Waals surface area contributed by atoms with Crippen molar-refractivity contribution in [3.63, 3.8) is 0 Å². The molecule has 3 aliphatic rings. The van der Waals surface area contributed by atoms with Gasteiger partial charge in [-0.3, -0.25) is 14.7 Å². The van der Waals surface area contributed by atoms with Crippen LogP contribution in [0.15, 0.2) is 63.7 Å². The van der Waals surface area contributed by atoms with Crippen LogP contribution < -0.4 is 15.5 Å². The minimum Gasteiger partial charge on any atom is -0.412 e. The number of aliphatic imine (C=N–C) groups is 1. The third kappa shape index (κ3) is 5.99. The predicted octanol–water partition coefficient (Wildman–Crippen LogP) is 5.30. The van der Waals surface area contributed by atoms with Gasteiger partial charge in [-0.15, -0.1) is 5.48 Å². The van der Waals surface area contributed by atoms with E-state index < -0.39 is 5.54 Å². The lowest BCUT2D eigenvalue weighted by Crippen LogP contribution is -2.43. The molecule has 9 heteroatoms. The molecule has 3 heterocycles. The summed E-state index contributed by atoms with van der Waals surface area (Å²) >= 11 is 1.58. The third-order valence-electron chi connectivity index (χ3n) is 7.94. The topological polar surface area (TPSA) is 87.2 Å². The Bertz CT molecular complexity index is 1290. The second-order valence-corrected chi connectivity index (χ2v) is 11.6. The van der Waals surface area contributed by atoms with Gasteiger partial charge in [-0.1, -0.05) is 49.7 Å². The van der Waals surface area contributed by atoms with Crippen molar-refractivity contribution in [1.82, 2.24) is 20.4 Å². The number of hydrogen-bond acceptors (Lipinski definition) is 8. The van der Waals surface area contributed by atoms with Crippen LogP contribution in [0.3, 0.4) is 0 Å². The zero-order chi connectivity index (χ0) is 28.1. The molecule has 2 aromatic carbocycles. The molecular formula is C31H41N5O3S. The van der Waals surface area contributed by atoms with Crippen LogP contribution in [0, 0.1) is 0 Å². The summed E-state index contributed by atoms with van der Waals surface area (Å²) in [4.78, 5) is 27.2. The molecule has 1 saturated heterocycles. The Balaban J connectivity index is 1.40. The van der Waals surface area contributed by atoms with Crippen molar-refractivity contribution in [1.29, 1.82) is 0 Å². The molecule has 5 rings (SSSR count). The molecule has 1 amide bonds. The molecule has 214 valence electrons. The first kappa shape index (κ1) is 28.8. The molecule has 0 radical (unpaired) electrons. The van der Waals surface area contributed by atoms with E-state index in [0.717, 1.165) is 76.5 Å². The Hall–Kier alpha value is -2.69. The summed E-state index contributed by atoms with van der Waals surface area (Å²) in [5.41, 5.74) is 8.02. The van der Waals surface area contributed by atoms with Crippen molar-refractivity contribution >= 4 is 23.7 Å². The average molecular weight is 564 g/mol. The number of rotatable bonds is 12. The van der Waals surface area contributed by atoms with E-state index in [1.165, 1.54) is 0 Å². The lowest BCUT2D eigenvalue weighted by Gasteiger charge is -2.23. The number of hydroxylamine groups is 1. The molecule has 2 atom stereocenters. The van der Waals surface area contributed by atoms with Gasteiger partial charge in [-0.05, 0) is 80.4 Å². The quantitative estimate of drug-likeness (QED) is 0.302. The molecule has 3 N–H and O–H groups in total. The van der Waals surface area contributed by atoms with Gasteiger partial charge in [-0.25, -0.2) is 4.72 Å². The Morgan fingerprint density at radius 1 is 1.20 bits per heavy atom. The number of amidine groups is 1. The first-order chi connectivity index (χ1) is 19.5. The van der Waals surface area contributed by atoms with E-state index >= 15 is 0 Å². The maximum atomic E-state index is 13.6. The number of unbranched alkanes of at least 4 members (excludes halogenated alkanes) is 1. The SMILES string of the molecule is CCCCC1=NC2(CCNC2)C(=O)N1Cc1ccc(-c2ccccc2SN[C@H]2NOC(C)=C2C)c(COCC)c1.